The predicted octanol–water partition coefficient (Wildman–Crippen LogP) is 3.83. The van der Waals surface area contributed by atoms with Gasteiger partial charge in [-0.15, -0.1) is 0 Å². The van der Waals surface area contributed by atoms with Gasteiger partial charge in [0.1, 0.15) is 12.3 Å². The molecule has 0 atom stereocenters. The third-order valence-electron chi connectivity index (χ3n) is 3.20. The Hall–Kier alpha value is -3.17. The van der Waals surface area contributed by atoms with E-state index in [2.05, 4.69) is 10.1 Å². The van der Waals surface area contributed by atoms with Gasteiger partial charge in [0, 0.05) is 11.3 Å². The Balaban J connectivity index is 2.04. The average molecular weight is 388 g/mol. The van der Waals surface area contributed by atoms with Gasteiger partial charge >= 0.3 is 12.8 Å². The highest BCUT2D eigenvalue weighted by Crippen LogP contribution is 2.22. The molecule has 5 nitrogen and oxygen atoms in total. The molecule has 2 amide bonds. The van der Waals surface area contributed by atoms with Crippen LogP contribution in [0, 0.1) is 0 Å². The van der Waals surface area contributed by atoms with Gasteiger partial charge in [0.05, 0.1) is 5.56 Å². The smallest absolute Gasteiger partial charge is 0.405 e. The molecule has 0 bridgehead atoms. The summed E-state index contributed by atoms with van der Waals surface area (Å²) in [5.74, 6) is -1.98. The summed E-state index contributed by atoms with van der Waals surface area (Å²) >= 11 is 0. The molecule has 10 heteroatoms. The molecule has 2 aromatic carbocycles. The van der Waals surface area contributed by atoms with Crippen LogP contribution in [0.4, 0.5) is 27.6 Å². The van der Waals surface area contributed by atoms with E-state index in [1.54, 1.807) is 5.32 Å². The van der Waals surface area contributed by atoms with Crippen molar-refractivity contribution in [3.8, 4) is 5.75 Å². The van der Waals surface area contributed by atoms with Crippen LogP contribution in [0.2, 0.25) is 0 Å². The minimum absolute atomic E-state index is 0.0429. The number of amides is 2. The summed E-state index contributed by atoms with van der Waals surface area (Å²) in [6, 6.07) is 10.4. The zero-order chi connectivity index (χ0) is 20.0. The van der Waals surface area contributed by atoms with Gasteiger partial charge in [-0.25, -0.2) is 0 Å². The number of carbonyl (C=O) groups excluding carboxylic acids is 2. The Morgan fingerprint density at radius 3 is 2.19 bits per heavy atom. The molecule has 27 heavy (non-hydrogen) atoms. The molecule has 0 aliphatic carbocycles. The van der Waals surface area contributed by atoms with Crippen LogP contribution in [-0.2, 0) is 0 Å². The van der Waals surface area contributed by atoms with Crippen LogP contribution in [0.5, 0.6) is 5.75 Å². The average Bonchev–Trinajstić information content (AvgIpc) is 2.59. The summed E-state index contributed by atoms with van der Waals surface area (Å²) in [6.07, 6.45) is -4.53. The number of benzene rings is 2. The first-order chi connectivity index (χ1) is 12.7. The zero-order valence-corrected chi connectivity index (χ0v) is 13.5. The van der Waals surface area contributed by atoms with E-state index in [1.165, 1.54) is 48.5 Å². The van der Waals surface area contributed by atoms with E-state index in [0.29, 0.717) is 0 Å². The summed E-state index contributed by atoms with van der Waals surface area (Å²) in [5.41, 5.74) is 0.0303. The number of hydrogen-bond donors (Lipinski definition) is 2. The first kappa shape index (κ1) is 20.1. The van der Waals surface area contributed by atoms with Crippen molar-refractivity contribution in [1.82, 2.24) is 5.32 Å². The van der Waals surface area contributed by atoms with E-state index in [9.17, 15) is 31.5 Å². The quantitative estimate of drug-likeness (QED) is 0.739. The number of nitrogens with one attached hydrogen (secondary N) is 2. The number of ether oxygens (including phenoxy) is 1. The Labute approximate surface area is 150 Å². The molecule has 0 spiro atoms. The second-order valence-corrected chi connectivity index (χ2v) is 5.20. The lowest BCUT2D eigenvalue weighted by atomic mass is 10.1. The second-order valence-electron chi connectivity index (χ2n) is 5.20. The summed E-state index contributed by atoms with van der Waals surface area (Å²) in [4.78, 5) is 23.8. The van der Waals surface area contributed by atoms with E-state index in [0.717, 1.165) is 0 Å². The number of anilines is 1. The third-order valence-corrected chi connectivity index (χ3v) is 3.20. The van der Waals surface area contributed by atoms with Gasteiger partial charge in [0.2, 0.25) is 0 Å². The highest BCUT2D eigenvalue weighted by atomic mass is 19.4. The highest BCUT2D eigenvalue weighted by molar-refractivity contribution is 6.06. The topological polar surface area (TPSA) is 67.4 Å². The molecule has 0 heterocycles. The lowest BCUT2D eigenvalue weighted by Gasteiger charge is -2.11. The number of hydrogen-bond acceptors (Lipinski definition) is 3. The molecule has 144 valence electrons. The molecule has 0 fully saturated rings. The minimum atomic E-state index is -4.53. The number of halogens is 5. The Bertz CT molecular complexity index is 807. The van der Waals surface area contributed by atoms with Gasteiger partial charge in [-0.1, -0.05) is 12.1 Å². The van der Waals surface area contributed by atoms with Crippen LogP contribution in [0.25, 0.3) is 0 Å². The summed E-state index contributed by atoms with van der Waals surface area (Å²) in [7, 11) is 0. The lowest BCUT2D eigenvalue weighted by Crippen LogP contribution is -2.33. The number of para-hydroxylation sites is 1. The van der Waals surface area contributed by atoms with Crippen LogP contribution < -0.4 is 15.4 Å². The van der Waals surface area contributed by atoms with E-state index in [-0.39, 0.29) is 22.6 Å². The first-order valence-electron chi connectivity index (χ1n) is 7.46. The SMILES string of the molecule is O=C(NCC(F)(F)F)c1ccc(NC(=O)c2ccccc2OC(F)F)cc1. The molecule has 0 aromatic heterocycles. The second kappa shape index (κ2) is 8.47. The van der Waals surface area contributed by atoms with Gasteiger partial charge in [-0.05, 0) is 36.4 Å². The molecule has 0 aliphatic heterocycles. The Kier molecular flexibility index (Phi) is 6.32. The first-order valence-corrected chi connectivity index (χ1v) is 7.46. The fourth-order valence-corrected chi connectivity index (χ4v) is 2.04. The van der Waals surface area contributed by atoms with Crippen LogP contribution >= 0.6 is 0 Å². The Morgan fingerprint density at radius 2 is 1.59 bits per heavy atom. The summed E-state index contributed by atoms with van der Waals surface area (Å²) in [5, 5.41) is 4.13. The molecule has 2 rings (SSSR count). The number of carbonyl (C=O) groups is 2. The van der Waals surface area contributed by atoms with Crippen LogP contribution in [-0.4, -0.2) is 31.1 Å². The molecular formula is C17H13F5N2O3. The van der Waals surface area contributed by atoms with Crippen molar-refractivity contribution in [3.05, 3.63) is 59.7 Å². The molecule has 0 saturated carbocycles. The molecule has 2 aromatic rings. The van der Waals surface area contributed by atoms with E-state index < -0.39 is 31.1 Å². The molecule has 0 radical (unpaired) electrons. The van der Waals surface area contributed by atoms with Crippen LogP contribution in [0.15, 0.2) is 48.5 Å². The number of alkyl halides is 5. The fourth-order valence-electron chi connectivity index (χ4n) is 2.04. The van der Waals surface area contributed by atoms with Crippen LogP contribution in [0.1, 0.15) is 20.7 Å². The lowest BCUT2D eigenvalue weighted by molar-refractivity contribution is -0.123. The maximum atomic E-state index is 12.4. The van der Waals surface area contributed by atoms with Crippen molar-refractivity contribution in [3.63, 3.8) is 0 Å². The van der Waals surface area contributed by atoms with E-state index in [1.807, 2.05) is 0 Å². The molecule has 2 N–H and O–H groups in total. The largest absolute Gasteiger partial charge is 0.434 e. The van der Waals surface area contributed by atoms with Gasteiger partial charge in [-0.2, -0.15) is 22.0 Å². The van der Waals surface area contributed by atoms with Crippen molar-refractivity contribution < 1.29 is 36.3 Å². The molecule has 0 saturated heterocycles. The van der Waals surface area contributed by atoms with Crippen molar-refractivity contribution in [2.45, 2.75) is 12.8 Å². The van der Waals surface area contributed by atoms with Crippen LogP contribution in [0.3, 0.4) is 0 Å². The standard InChI is InChI=1S/C17H13F5N2O3/c18-16(19)27-13-4-2-1-3-12(13)15(26)24-11-7-5-10(6-8-11)14(25)23-9-17(20,21)22/h1-8,16H,9H2,(H,23,25)(H,24,26). The molecular weight excluding hydrogens is 375 g/mol. The van der Waals surface area contributed by atoms with Gasteiger partial charge in [0.25, 0.3) is 11.8 Å². The van der Waals surface area contributed by atoms with E-state index >= 15 is 0 Å². The summed E-state index contributed by atoms with van der Waals surface area (Å²) in [6.45, 7) is -4.57. The minimum Gasteiger partial charge on any atom is -0.434 e. The van der Waals surface area contributed by atoms with Crippen molar-refractivity contribution in [2.24, 2.45) is 0 Å². The van der Waals surface area contributed by atoms with Gasteiger partial charge < -0.3 is 15.4 Å². The normalized spacial score (nSPS) is 11.2. The van der Waals surface area contributed by atoms with E-state index in [4.69, 9.17) is 0 Å². The maximum absolute atomic E-state index is 12.4. The Morgan fingerprint density at radius 1 is 0.963 bits per heavy atom. The van der Waals surface area contributed by atoms with Crippen molar-refractivity contribution >= 4 is 17.5 Å². The molecule has 0 aliphatic rings. The van der Waals surface area contributed by atoms with Crippen molar-refractivity contribution in [1.29, 1.82) is 0 Å². The zero-order valence-electron chi connectivity index (χ0n) is 13.5. The third kappa shape index (κ3) is 6.24. The maximum Gasteiger partial charge on any atom is 0.405 e. The van der Waals surface area contributed by atoms with Crippen molar-refractivity contribution in [2.75, 3.05) is 11.9 Å². The monoisotopic (exact) mass is 388 g/mol. The van der Waals surface area contributed by atoms with Gasteiger partial charge in [-0.3, -0.25) is 9.59 Å². The molecule has 0 unspecified atom stereocenters. The number of rotatable bonds is 6. The predicted molar refractivity (Wildman–Crippen MR) is 85.9 cm³/mol. The van der Waals surface area contributed by atoms with Gasteiger partial charge in [0.15, 0.2) is 0 Å². The highest BCUT2D eigenvalue weighted by Gasteiger charge is 2.27. The summed E-state index contributed by atoms with van der Waals surface area (Å²) < 4.78 is 65.3. The fraction of sp³-hybridized carbons (Fsp3) is 0.176.